The number of benzene rings is 1. The van der Waals surface area contributed by atoms with Crippen molar-refractivity contribution in [1.29, 1.82) is 0 Å². The van der Waals surface area contributed by atoms with Gasteiger partial charge in [-0.3, -0.25) is 4.90 Å². The van der Waals surface area contributed by atoms with Gasteiger partial charge in [0.05, 0.1) is 12.7 Å². The van der Waals surface area contributed by atoms with E-state index in [1.807, 2.05) is 0 Å². The average molecular weight is 307 g/mol. The van der Waals surface area contributed by atoms with Crippen LogP contribution in [0.25, 0.3) is 0 Å². The van der Waals surface area contributed by atoms with Crippen LogP contribution >= 0.6 is 0 Å². The minimum absolute atomic E-state index is 0.416. The van der Waals surface area contributed by atoms with Gasteiger partial charge in [0.2, 0.25) is 0 Å². The Hall–Kier alpha value is -0.900. The Bertz CT molecular complexity index is 402. The first-order chi connectivity index (χ1) is 10.4. The second-order valence-electron chi connectivity index (χ2n) is 6.76. The minimum atomic E-state index is -0.432. The molecule has 2 atom stereocenters. The third-order valence-electron chi connectivity index (χ3n) is 3.93. The molecule has 0 aliphatic carbocycles. The van der Waals surface area contributed by atoms with Crippen molar-refractivity contribution in [2.75, 3.05) is 19.8 Å². The second-order valence-corrected chi connectivity index (χ2v) is 6.76. The van der Waals surface area contributed by atoms with E-state index < -0.39 is 6.10 Å². The Labute approximate surface area is 136 Å². The lowest BCUT2D eigenvalue weighted by Gasteiger charge is -2.30. The number of aliphatic hydroxyl groups excluding tert-OH is 1. The Morgan fingerprint density at radius 1 is 1.09 bits per heavy atom. The Kier molecular flexibility index (Phi) is 8.69. The minimum Gasteiger partial charge on any atom is -0.389 e. The van der Waals surface area contributed by atoms with Gasteiger partial charge in [-0.05, 0) is 31.7 Å². The van der Waals surface area contributed by atoms with Gasteiger partial charge in [-0.2, -0.15) is 0 Å². The number of hydrogen-bond donors (Lipinski definition) is 1. The molecular formula is C19H33NO2. The standard InChI is InChI=1S/C19H33NO2/c1-6-17(5)20(11-18-9-7-16(4)8-10-18)12-19(21)14-22-13-15(2)3/h7-10,15,17,19,21H,6,11-14H2,1-5H3. The summed E-state index contributed by atoms with van der Waals surface area (Å²) in [5.41, 5.74) is 2.57. The molecule has 0 amide bonds. The molecule has 3 heteroatoms. The Balaban J connectivity index is 2.54. The van der Waals surface area contributed by atoms with Crippen molar-refractivity contribution in [3.05, 3.63) is 35.4 Å². The molecule has 0 saturated carbocycles. The number of hydrogen-bond acceptors (Lipinski definition) is 3. The van der Waals surface area contributed by atoms with E-state index in [4.69, 9.17) is 4.74 Å². The van der Waals surface area contributed by atoms with Crippen LogP contribution in [0.15, 0.2) is 24.3 Å². The second kappa shape index (κ2) is 9.98. The summed E-state index contributed by atoms with van der Waals surface area (Å²) in [5.74, 6) is 0.505. The third-order valence-corrected chi connectivity index (χ3v) is 3.93. The summed E-state index contributed by atoms with van der Waals surface area (Å²) < 4.78 is 5.56. The van der Waals surface area contributed by atoms with Gasteiger partial charge < -0.3 is 9.84 Å². The van der Waals surface area contributed by atoms with Crippen LogP contribution in [0.5, 0.6) is 0 Å². The van der Waals surface area contributed by atoms with Gasteiger partial charge in [0, 0.05) is 25.7 Å². The molecule has 0 aromatic heterocycles. The van der Waals surface area contributed by atoms with Crippen LogP contribution in [-0.4, -0.2) is 41.9 Å². The van der Waals surface area contributed by atoms with Gasteiger partial charge in [0.1, 0.15) is 0 Å². The first-order valence-electron chi connectivity index (χ1n) is 8.47. The van der Waals surface area contributed by atoms with Crippen LogP contribution in [0.2, 0.25) is 0 Å². The Morgan fingerprint density at radius 3 is 2.27 bits per heavy atom. The van der Waals surface area contributed by atoms with Crippen LogP contribution in [-0.2, 0) is 11.3 Å². The highest BCUT2D eigenvalue weighted by Crippen LogP contribution is 2.12. The molecule has 1 aromatic rings. The van der Waals surface area contributed by atoms with Gasteiger partial charge in [0.25, 0.3) is 0 Å². The predicted octanol–water partition coefficient (Wildman–Crippen LogP) is 3.63. The molecule has 1 rings (SSSR count). The highest BCUT2D eigenvalue weighted by atomic mass is 16.5. The van der Waals surface area contributed by atoms with Gasteiger partial charge in [-0.1, -0.05) is 50.6 Å². The van der Waals surface area contributed by atoms with E-state index in [1.165, 1.54) is 11.1 Å². The monoisotopic (exact) mass is 307 g/mol. The van der Waals surface area contributed by atoms with Gasteiger partial charge in [0.15, 0.2) is 0 Å². The fourth-order valence-electron chi connectivity index (χ4n) is 2.35. The number of ether oxygens (including phenoxy) is 1. The maximum Gasteiger partial charge on any atom is 0.0900 e. The van der Waals surface area contributed by atoms with Crippen LogP contribution in [0, 0.1) is 12.8 Å². The average Bonchev–Trinajstić information content (AvgIpc) is 2.47. The molecule has 0 aliphatic rings. The fourth-order valence-corrected chi connectivity index (χ4v) is 2.35. The van der Waals surface area contributed by atoms with Crippen molar-refractivity contribution < 1.29 is 9.84 Å². The zero-order valence-corrected chi connectivity index (χ0v) is 14.9. The Morgan fingerprint density at radius 2 is 1.73 bits per heavy atom. The van der Waals surface area contributed by atoms with E-state index in [-0.39, 0.29) is 0 Å². The van der Waals surface area contributed by atoms with Gasteiger partial charge in [-0.15, -0.1) is 0 Å². The first kappa shape index (κ1) is 19.1. The molecule has 3 nitrogen and oxygen atoms in total. The molecule has 0 radical (unpaired) electrons. The molecule has 1 N–H and O–H groups in total. The normalized spacial score (nSPS) is 14.5. The summed E-state index contributed by atoms with van der Waals surface area (Å²) in [6.45, 7) is 13.4. The largest absolute Gasteiger partial charge is 0.389 e. The summed E-state index contributed by atoms with van der Waals surface area (Å²) in [6, 6.07) is 9.08. The molecule has 0 heterocycles. The zero-order valence-electron chi connectivity index (χ0n) is 14.9. The maximum absolute atomic E-state index is 10.2. The van der Waals surface area contributed by atoms with Crippen LogP contribution in [0.3, 0.4) is 0 Å². The van der Waals surface area contributed by atoms with E-state index in [9.17, 15) is 5.11 Å². The van der Waals surface area contributed by atoms with E-state index in [0.717, 1.165) is 13.0 Å². The van der Waals surface area contributed by atoms with E-state index in [0.29, 0.717) is 31.7 Å². The smallest absolute Gasteiger partial charge is 0.0900 e. The summed E-state index contributed by atoms with van der Waals surface area (Å²) in [4.78, 5) is 2.34. The molecule has 0 spiro atoms. The summed E-state index contributed by atoms with van der Waals surface area (Å²) in [5, 5.41) is 10.2. The summed E-state index contributed by atoms with van der Waals surface area (Å²) >= 11 is 0. The van der Waals surface area contributed by atoms with Crippen molar-refractivity contribution in [3.8, 4) is 0 Å². The van der Waals surface area contributed by atoms with Crippen molar-refractivity contribution in [3.63, 3.8) is 0 Å². The summed E-state index contributed by atoms with van der Waals surface area (Å²) in [7, 11) is 0. The molecule has 126 valence electrons. The molecule has 22 heavy (non-hydrogen) atoms. The van der Waals surface area contributed by atoms with Crippen molar-refractivity contribution in [1.82, 2.24) is 4.90 Å². The van der Waals surface area contributed by atoms with Crippen molar-refractivity contribution in [2.24, 2.45) is 5.92 Å². The van der Waals surface area contributed by atoms with E-state index in [1.54, 1.807) is 0 Å². The molecule has 0 saturated heterocycles. The van der Waals surface area contributed by atoms with Crippen LogP contribution in [0.4, 0.5) is 0 Å². The zero-order chi connectivity index (χ0) is 16.5. The number of aryl methyl sites for hydroxylation is 1. The lowest BCUT2D eigenvalue weighted by atomic mass is 10.1. The molecule has 1 aromatic carbocycles. The maximum atomic E-state index is 10.2. The van der Waals surface area contributed by atoms with Gasteiger partial charge in [-0.25, -0.2) is 0 Å². The molecule has 2 unspecified atom stereocenters. The fraction of sp³-hybridized carbons (Fsp3) is 0.684. The quantitative estimate of drug-likeness (QED) is 0.716. The topological polar surface area (TPSA) is 32.7 Å². The van der Waals surface area contributed by atoms with Crippen LogP contribution in [0.1, 0.15) is 45.2 Å². The highest BCUT2D eigenvalue weighted by molar-refractivity contribution is 5.21. The number of aliphatic hydroxyl groups is 1. The first-order valence-corrected chi connectivity index (χ1v) is 8.47. The van der Waals surface area contributed by atoms with Crippen molar-refractivity contribution in [2.45, 2.75) is 59.7 Å². The number of rotatable bonds is 10. The lowest BCUT2D eigenvalue weighted by molar-refractivity contribution is 0.000122. The third kappa shape index (κ3) is 7.39. The molecule has 0 bridgehead atoms. The predicted molar refractivity (Wildman–Crippen MR) is 93.0 cm³/mol. The van der Waals surface area contributed by atoms with Crippen molar-refractivity contribution >= 4 is 0 Å². The number of nitrogens with zero attached hydrogens (tertiary/aromatic N) is 1. The molecule has 0 aliphatic heterocycles. The van der Waals surface area contributed by atoms with E-state index in [2.05, 4.69) is 63.8 Å². The summed E-state index contributed by atoms with van der Waals surface area (Å²) in [6.07, 6.45) is 0.643. The molecule has 0 fully saturated rings. The SMILES string of the molecule is CCC(C)N(Cc1ccc(C)cc1)CC(O)COCC(C)C. The van der Waals surface area contributed by atoms with Gasteiger partial charge >= 0.3 is 0 Å². The highest BCUT2D eigenvalue weighted by Gasteiger charge is 2.17. The van der Waals surface area contributed by atoms with E-state index >= 15 is 0 Å². The van der Waals surface area contributed by atoms with Crippen LogP contribution < -0.4 is 0 Å². The lowest BCUT2D eigenvalue weighted by Crippen LogP contribution is -2.40. The molecular weight excluding hydrogens is 274 g/mol.